The van der Waals surface area contributed by atoms with Crippen LogP contribution in [0.15, 0.2) is 181 Å². The van der Waals surface area contributed by atoms with Gasteiger partial charge in [-0.25, -0.2) is 0 Å². The summed E-state index contributed by atoms with van der Waals surface area (Å²) >= 11 is -8.66. The van der Waals surface area contributed by atoms with Gasteiger partial charge in [0, 0.05) is 0 Å². The van der Waals surface area contributed by atoms with Crippen LogP contribution in [0.3, 0.4) is 0 Å². The molecule has 0 aromatic heterocycles. The monoisotopic (exact) mass is 964 g/mol. The van der Waals surface area contributed by atoms with Crippen molar-refractivity contribution in [2.45, 2.75) is 47.8 Å². The van der Waals surface area contributed by atoms with Gasteiger partial charge < -0.3 is 0 Å². The fraction of sp³-hybridized carbons (Fsp3) is 0.148. The first-order valence-corrected chi connectivity index (χ1v) is 39.7. The number of benzene rings is 6. The Morgan fingerprint density at radius 3 is 1.45 bits per heavy atom. The summed E-state index contributed by atoms with van der Waals surface area (Å²) in [7, 11) is 0. The van der Waals surface area contributed by atoms with Gasteiger partial charge in [-0.2, -0.15) is 0 Å². The first kappa shape index (κ1) is 41.7. The third kappa shape index (κ3) is 8.09. The van der Waals surface area contributed by atoms with Gasteiger partial charge in [0.1, 0.15) is 0 Å². The van der Waals surface area contributed by atoms with E-state index in [-0.39, 0.29) is 19.1 Å². The van der Waals surface area contributed by atoms with Gasteiger partial charge in [-0.15, -0.1) is 0 Å². The molecule has 0 heterocycles. The topological polar surface area (TPSA) is 58.2 Å². The van der Waals surface area contributed by atoms with E-state index < -0.39 is 32.8 Å². The summed E-state index contributed by atoms with van der Waals surface area (Å²) in [5.41, 5.74) is 14.7. The molecule has 0 saturated heterocycles. The molecular formula is C54H51InN2O2Zr. The van der Waals surface area contributed by atoms with Gasteiger partial charge >= 0.3 is 367 Å². The molecule has 6 heteroatoms. The normalized spacial score (nSPS) is 16.6. The average Bonchev–Trinajstić information content (AvgIpc) is 3.82. The van der Waals surface area contributed by atoms with Crippen LogP contribution in [-0.2, 0) is 25.2 Å². The Kier molecular flexibility index (Phi) is 13.0. The summed E-state index contributed by atoms with van der Waals surface area (Å²) in [5, 5.41) is 0. The molecule has 2 aliphatic rings. The molecule has 0 radical (unpaired) electrons. The summed E-state index contributed by atoms with van der Waals surface area (Å²) in [4.78, 5) is 28.4. The van der Waals surface area contributed by atoms with Gasteiger partial charge in [-0.05, 0) is 0 Å². The maximum atomic E-state index is 14.2. The second kappa shape index (κ2) is 18.7. The second-order valence-electron chi connectivity index (χ2n) is 15.9. The van der Waals surface area contributed by atoms with Crippen LogP contribution in [0, 0.1) is 0 Å². The fourth-order valence-electron chi connectivity index (χ4n) is 9.81. The molecule has 2 aliphatic carbocycles. The molecule has 0 aliphatic heterocycles. The third-order valence-corrected chi connectivity index (χ3v) is 67.4. The molecule has 0 bridgehead atoms. The van der Waals surface area contributed by atoms with Gasteiger partial charge in [0.25, 0.3) is 0 Å². The van der Waals surface area contributed by atoms with E-state index in [1.165, 1.54) is 58.9 Å². The zero-order chi connectivity index (χ0) is 41.6. The van der Waals surface area contributed by atoms with E-state index in [9.17, 15) is 9.59 Å². The molecule has 296 valence electrons. The SMILES string of the molecule is CCC(=O)[NH][In]([NH]C(=O)CC)[Zr]([C](=CC=Cc1ccccc1)c1ccccc1)([CH]1C(C)=Cc2c(-c3ccccc3)cccc21)[CH]1C(C)=Cc2c(-c3ccccc3)cccc21. The summed E-state index contributed by atoms with van der Waals surface area (Å²) < 4.78 is 8.91. The van der Waals surface area contributed by atoms with E-state index in [2.05, 4.69) is 202 Å². The first-order valence-electron chi connectivity index (χ1n) is 21.2. The van der Waals surface area contributed by atoms with E-state index in [0.29, 0.717) is 12.8 Å². The van der Waals surface area contributed by atoms with E-state index in [1.54, 1.807) is 0 Å². The van der Waals surface area contributed by atoms with Crippen molar-refractivity contribution in [2.75, 3.05) is 0 Å². The van der Waals surface area contributed by atoms with Crippen LogP contribution in [0.4, 0.5) is 0 Å². The van der Waals surface area contributed by atoms with Crippen LogP contribution in [0.5, 0.6) is 0 Å². The van der Waals surface area contributed by atoms with E-state index in [0.717, 1.165) is 11.1 Å². The first-order chi connectivity index (χ1) is 29.3. The van der Waals surface area contributed by atoms with Crippen molar-refractivity contribution in [2.24, 2.45) is 0 Å². The summed E-state index contributed by atoms with van der Waals surface area (Å²) in [5.74, 6) is 0.0209. The zero-order valence-electron chi connectivity index (χ0n) is 34.9. The summed E-state index contributed by atoms with van der Waals surface area (Å²) in [6.07, 6.45) is 12.3. The maximum absolute atomic E-state index is 14.2. The van der Waals surface area contributed by atoms with Gasteiger partial charge in [-0.1, -0.05) is 0 Å². The third-order valence-electron chi connectivity index (χ3n) is 12.3. The Labute approximate surface area is 363 Å². The molecule has 0 saturated carbocycles. The molecule has 2 N–H and O–H groups in total. The van der Waals surface area contributed by atoms with E-state index in [4.69, 9.17) is 0 Å². The van der Waals surface area contributed by atoms with E-state index in [1.807, 2.05) is 19.9 Å². The molecule has 2 amide bonds. The van der Waals surface area contributed by atoms with Crippen molar-refractivity contribution in [1.82, 2.24) is 6.61 Å². The summed E-state index contributed by atoms with van der Waals surface area (Å²) in [6, 6.07) is 56.3. The van der Waals surface area contributed by atoms with Crippen molar-refractivity contribution in [3.05, 3.63) is 214 Å². The molecule has 0 fully saturated rings. The number of hydrogen-bond acceptors (Lipinski definition) is 2. The Balaban J connectivity index is 1.52. The molecule has 2 unspecified atom stereocenters. The van der Waals surface area contributed by atoms with Crippen molar-refractivity contribution in [1.29, 1.82) is 0 Å². The number of rotatable bonds is 13. The van der Waals surface area contributed by atoms with Crippen molar-refractivity contribution < 1.29 is 25.2 Å². The van der Waals surface area contributed by atoms with Crippen LogP contribution in [-0.4, -0.2) is 29.1 Å². The van der Waals surface area contributed by atoms with Gasteiger partial charge in [0.15, 0.2) is 0 Å². The second-order valence-corrected chi connectivity index (χ2v) is 54.4. The van der Waals surface area contributed by atoms with Gasteiger partial charge in [0.2, 0.25) is 0 Å². The molecule has 8 rings (SSSR count). The number of allylic oxidation sites excluding steroid dienone is 4. The standard InChI is InChI=1S/3C16H13.2C3H7NO.In.Zr/c2*1-12-10-14-8-5-9-15(16(14)11-12)13-6-3-2-4-7-13;1-3-9-15(10-4-1)13-7-8-14-16-11-5-2-6-12-16;2*1-2-3(4)5;;/h2*2-11H,1H3;1-13H;2*2H2,1H3,(H2,4,5);;/q;;;;;+2;/p-2. The minimum atomic E-state index is -4.70. The number of fused-ring (bicyclic) bond motifs is 2. The molecule has 0 spiro atoms. The Hall–Kier alpha value is -5.03. The van der Waals surface area contributed by atoms with Crippen LogP contribution in [0.25, 0.3) is 43.8 Å². The number of nitrogens with one attached hydrogen (secondary N) is 2. The number of carbonyl (C=O) groups excluding carboxylic acids is 2. The number of amides is 2. The molecule has 2 atom stereocenters. The predicted octanol–water partition coefficient (Wildman–Crippen LogP) is 12.6. The average molecular weight is 966 g/mol. The van der Waals surface area contributed by atoms with Crippen molar-refractivity contribution in [3.8, 4) is 22.3 Å². The minimum absolute atomic E-state index is 0.00402. The van der Waals surface area contributed by atoms with Crippen molar-refractivity contribution >= 4 is 50.6 Å². The predicted molar refractivity (Wildman–Crippen MR) is 249 cm³/mol. The Bertz CT molecular complexity index is 2510. The van der Waals surface area contributed by atoms with Crippen LogP contribution < -0.4 is 6.61 Å². The fourth-order valence-corrected chi connectivity index (χ4v) is 78.7. The van der Waals surface area contributed by atoms with Crippen molar-refractivity contribution in [3.63, 3.8) is 0 Å². The van der Waals surface area contributed by atoms with Gasteiger partial charge in [0.05, 0.1) is 0 Å². The molecular weight excluding hydrogens is 915 g/mol. The van der Waals surface area contributed by atoms with Crippen LogP contribution in [0.1, 0.15) is 81.2 Å². The summed E-state index contributed by atoms with van der Waals surface area (Å²) in [6.45, 7) is 8.49. The van der Waals surface area contributed by atoms with E-state index >= 15 is 0 Å². The molecule has 4 nitrogen and oxygen atoms in total. The van der Waals surface area contributed by atoms with Crippen LogP contribution >= 0.6 is 0 Å². The Morgan fingerprint density at radius 1 is 0.567 bits per heavy atom. The Morgan fingerprint density at radius 2 is 1.00 bits per heavy atom. The van der Waals surface area contributed by atoms with Gasteiger partial charge in [-0.3, -0.25) is 0 Å². The molecule has 6 aromatic rings. The molecule has 60 heavy (non-hydrogen) atoms. The zero-order valence-corrected chi connectivity index (χ0v) is 40.6. The number of carbonyl (C=O) groups is 2. The quantitative estimate of drug-likeness (QED) is 0.113. The van der Waals surface area contributed by atoms with Crippen LogP contribution in [0.2, 0.25) is 0 Å². The molecule has 6 aromatic carbocycles. The number of hydrogen-bond donors (Lipinski definition) is 2.